The van der Waals surface area contributed by atoms with Crippen LogP contribution in [0.2, 0.25) is 0 Å². The summed E-state index contributed by atoms with van der Waals surface area (Å²) in [5.41, 5.74) is 5.80. The van der Waals surface area contributed by atoms with Crippen LogP contribution in [0.3, 0.4) is 0 Å². The number of benzene rings is 3. The summed E-state index contributed by atoms with van der Waals surface area (Å²) >= 11 is 0. The van der Waals surface area contributed by atoms with Gasteiger partial charge in [-0.3, -0.25) is 4.79 Å². The number of allylic oxidation sites excluding steroid dienone is 1. The summed E-state index contributed by atoms with van der Waals surface area (Å²) in [5, 5.41) is 3.44. The number of likely N-dealkylation sites (tertiary alicyclic amines) is 1. The minimum atomic E-state index is 0.0894. The summed E-state index contributed by atoms with van der Waals surface area (Å²) in [5.74, 6) is 0.878. The molecule has 35 heavy (non-hydrogen) atoms. The van der Waals surface area contributed by atoms with Crippen molar-refractivity contribution in [2.75, 3.05) is 19.7 Å². The molecule has 1 saturated heterocycles. The molecule has 5 rings (SSSR count). The lowest BCUT2D eigenvalue weighted by Gasteiger charge is -2.19. The summed E-state index contributed by atoms with van der Waals surface area (Å²) in [6.07, 6.45) is 8.19. The van der Waals surface area contributed by atoms with Gasteiger partial charge in [-0.15, -0.1) is 0 Å². The number of amides is 1. The summed E-state index contributed by atoms with van der Waals surface area (Å²) in [4.78, 5) is 15.1. The molecule has 0 radical (unpaired) electrons. The van der Waals surface area contributed by atoms with E-state index in [2.05, 4.69) is 48.5 Å². The predicted molar refractivity (Wildman–Crippen MR) is 144 cm³/mol. The van der Waals surface area contributed by atoms with Crippen LogP contribution >= 0.6 is 0 Å². The van der Waals surface area contributed by atoms with Crippen LogP contribution in [0.4, 0.5) is 0 Å². The number of carbonyl (C=O) groups is 1. The predicted octanol–water partition coefficient (Wildman–Crippen LogP) is 7.77. The maximum absolute atomic E-state index is 13.1. The first kappa shape index (κ1) is 23.2. The van der Waals surface area contributed by atoms with Crippen molar-refractivity contribution >= 4 is 33.2 Å². The Morgan fingerprint density at radius 3 is 2.51 bits per heavy atom. The first-order valence-electron chi connectivity index (χ1n) is 12.7. The van der Waals surface area contributed by atoms with Gasteiger partial charge in [0.25, 0.3) is 0 Å². The zero-order valence-electron chi connectivity index (χ0n) is 20.9. The molecule has 180 valence electrons. The largest absolute Gasteiger partial charge is 0.493 e. The molecule has 1 fully saturated rings. The highest BCUT2D eigenvalue weighted by Crippen LogP contribution is 2.41. The van der Waals surface area contributed by atoms with Crippen LogP contribution in [0.15, 0.2) is 65.3 Å². The molecular weight excluding hydrogens is 434 g/mol. The van der Waals surface area contributed by atoms with Crippen LogP contribution in [0.1, 0.15) is 50.7 Å². The lowest BCUT2D eigenvalue weighted by Crippen LogP contribution is -2.30. The normalized spacial score (nSPS) is 14.9. The Balaban J connectivity index is 1.60. The standard InChI is InChI=1S/C31H33NO3/c1-4-34-30-22(3)31-27(19-26(30)21(2)17-29(33)32-15-9-5-6-10-16-32)28(20-35-31)25-14-13-23-11-7-8-12-24(23)18-25/h7-8,11-14,17-20H,4-6,9-10,15-16H2,1-3H3/b21-17+. The Hall–Kier alpha value is -3.53. The topological polar surface area (TPSA) is 42.7 Å². The zero-order valence-corrected chi connectivity index (χ0v) is 20.9. The molecule has 1 aliphatic rings. The van der Waals surface area contributed by atoms with E-state index in [0.717, 1.165) is 70.5 Å². The molecule has 4 aromatic rings. The number of hydrogen-bond donors (Lipinski definition) is 0. The van der Waals surface area contributed by atoms with Gasteiger partial charge < -0.3 is 14.1 Å². The fraction of sp³-hybridized carbons (Fsp3) is 0.323. The molecular formula is C31H33NO3. The number of furan rings is 1. The van der Waals surface area contributed by atoms with E-state index in [-0.39, 0.29) is 5.91 Å². The Bertz CT molecular complexity index is 1400. The van der Waals surface area contributed by atoms with Gasteiger partial charge in [0.2, 0.25) is 5.91 Å². The molecule has 0 aliphatic carbocycles. The van der Waals surface area contributed by atoms with E-state index < -0.39 is 0 Å². The summed E-state index contributed by atoms with van der Waals surface area (Å²) < 4.78 is 12.2. The lowest BCUT2D eigenvalue weighted by atomic mass is 9.95. The summed E-state index contributed by atoms with van der Waals surface area (Å²) in [6, 6.07) is 17.0. The third-order valence-corrected chi connectivity index (χ3v) is 7.08. The molecule has 1 aliphatic heterocycles. The van der Waals surface area contributed by atoms with Gasteiger partial charge in [0, 0.05) is 41.2 Å². The van der Waals surface area contributed by atoms with Crippen LogP contribution in [-0.4, -0.2) is 30.5 Å². The van der Waals surface area contributed by atoms with Crippen molar-refractivity contribution in [1.29, 1.82) is 0 Å². The molecule has 4 heteroatoms. The van der Waals surface area contributed by atoms with E-state index in [1.165, 1.54) is 23.6 Å². The molecule has 0 unspecified atom stereocenters. The Kier molecular flexibility index (Phi) is 6.63. The highest BCUT2D eigenvalue weighted by molar-refractivity contribution is 6.02. The molecule has 2 heterocycles. The second kappa shape index (κ2) is 9.99. The number of nitrogens with zero attached hydrogens (tertiary/aromatic N) is 1. The summed E-state index contributed by atoms with van der Waals surface area (Å²) in [6.45, 7) is 8.26. The van der Waals surface area contributed by atoms with Crippen LogP contribution in [0.25, 0.3) is 38.4 Å². The van der Waals surface area contributed by atoms with E-state index >= 15 is 0 Å². The van der Waals surface area contributed by atoms with Gasteiger partial charge in [0.1, 0.15) is 11.3 Å². The zero-order chi connectivity index (χ0) is 24.4. The van der Waals surface area contributed by atoms with E-state index in [9.17, 15) is 4.79 Å². The van der Waals surface area contributed by atoms with Gasteiger partial charge >= 0.3 is 0 Å². The SMILES string of the molecule is CCOc1c(/C(C)=C/C(=O)N2CCCCCC2)cc2c(-c3ccc4ccccc4c3)coc2c1C. The van der Waals surface area contributed by atoms with Gasteiger partial charge in [-0.25, -0.2) is 0 Å². The third-order valence-electron chi connectivity index (χ3n) is 7.08. The van der Waals surface area contributed by atoms with Crippen LogP contribution in [0, 0.1) is 6.92 Å². The number of ether oxygens (including phenoxy) is 1. The smallest absolute Gasteiger partial charge is 0.246 e. The number of carbonyl (C=O) groups excluding carboxylic acids is 1. The van der Waals surface area contributed by atoms with Gasteiger partial charge in [-0.1, -0.05) is 49.2 Å². The average Bonchev–Trinajstić information content (AvgIpc) is 3.10. The number of hydrogen-bond acceptors (Lipinski definition) is 3. The van der Waals surface area contributed by atoms with E-state index in [0.29, 0.717) is 6.61 Å². The average molecular weight is 468 g/mol. The molecule has 0 bridgehead atoms. The van der Waals surface area contributed by atoms with Crippen molar-refractivity contribution in [1.82, 2.24) is 4.90 Å². The fourth-order valence-corrected chi connectivity index (χ4v) is 5.16. The van der Waals surface area contributed by atoms with E-state index in [4.69, 9.17) is 9.15 Å². The quantitative estimate of drug-likeness (QED) is 0.282. The first-order chi connectivity index (χ1) is 17.1. The van der Waals surface area contributed by atoms with Gasteiger partial charge in [0.15, 0.2) is 0 Å². The first-order valence-corrected chi connectivity index (χ1v) is 12.7. The molecule has 0 atom stereocenters. The molecule has 1 amide bonds. The van der Waals surface area contributed by atoms with Crippen molar-refractivity contribution in [3.05, 3.63) is 72.0 Å². The van der Waals surface area contributed by atoms with E-state index in [1.807, 2.05) is 31.9 Å². The molecule has 3 aromatic carbocycles. The van der Waals surface area contributed by atoms with Crippen LogP contribution < -0.4 is 4.74 Å². The van der Waals surface area contributed by atoms with Crippen molar-refractivity contribution < 1.29 is 13.9 Å². The van der Waals surface area contributed by atoms with Crippen LogP contribution in [0.5, 0.6) is 5.75 Å². The highest BCUT2D eigenvalue weighted by Gasteiger charge is 2.20. The van der Waals surface area contributed by atoms with Crippen LogP contribution in [-0.2, 0) is 4.79 Å². The number of aryl methyl sites for hydroxylation is 1. The number of fused-ring (bicyclic) bond motifs is 2. The fourth-order valence-electron chi connectivity index (χ4n) is 5.16. The van der Waals surface area contributed by atoms with Crippen molar-refractivity contribution in [3.63, 3.8) is 0 Å². The molecule has 1 aromatic heterocycles. The molecule has 0 spiro atoms. The van der Waals surface area contributed by atoms with Gasteiger partial charge in [0.05, 0.1) is 12.9 Å². The maximum Gasteiger partial charge on any atom is 0.246 e. The number of rotatable bonds is 5. The molecule has 0 N–H and O–H groups in total. The lowest BCUT2D eigenvalue weighted by molar-refractivity contribution is -0.125. The second-order valence-electron chi connectivity index (χ2n) is 9.47. The third kappa shape index (κ3) is 4.58. The highest BCUT2D eigenvalue weighted by atomic mass is 16.5. The monoisotopic (exact) mass is 467 g/mol. The Labute approximate surface area is 207 Å². The van der Waals surface area contributed by atoms with E-state index in [1.54, 1.807) is 6.08 Å². The molecule has 0 saturated carbocycles. The molecule has 4 nitrogen and oxygen atoms in total. The van der Waals surface area contributed by atoms with Crippen molar-refractivity contribution in [2.24, 2.45) is 0 Å². The summed E-state index contributed by atoms with van der Waals surface area (Å²) in [7, 11) is 0. The van der Waals surface area contributed by atoms with Crippen molar-refractivity contribution in [2.45, 2.75) is 46.5 Å². The Morgan fingerprint density at radius 2 is 1.77 bits per heavy atom. The Morgan fingerprint density at radius 1 is 1.03 bits per heavy atom. The van der Waals surface area contributed by atoms with Gasteiger partial charge in [-0.2, -0.15) is 0 Å². The van der Waals surface area contributed by atoms with Gasteiger partial charge in [-0.05, 0) is 67.7 Å². The minimum absolute atomic E-state index is 0.0894. The minimum Gasteiger partial charge on any atom is -0.493 e. The second-order valence-corrected chi connectivity index (χ2v) is 9.47. The van der Waals surface area contributed by atoms with Crippen molar-refractivity contribution in [3.8, 4) is 16.9 Å². The maximum atomic E-state index is 13.1.